The molecule has 0 aliphatic heterocycles. The molecule has 0 bridgehead atoms. The van der Waals surface area contributed by atoms with E-state index in [9.17, 15) is 30.6 Å². The van der Waals surface area contributed by atoms with Gasteiger partial charge in [-0.2, -0.15) is 0 Å². The predicted molar refractivity (Wildman–Crippen MR) is 106 cm³/mol. The first kappa shape index (κ1) is 18.8. The van der Waals surface area contributed by atoms with Crippen molar-refractivity contribution in [3.05, 3.63) is 54.6 Å². The van der Waals surface area contributed by atoms with Crippen LogP contribution >= 0.6 is 0 Å². The Balaban J connectivity index is 1.98. The first-order chi connectivity index (χ1) is 14.3. The van der Waals surface area contributed by atoms with E-state index in [0.29, 0.717) is 0 Å². The third-order valence-corrected chi connectivity index (χ3v) is 4.30. The van der Waals surface area contributed by atoms with Crippen LogP contribution in [0.25, 0.3) is 34.2 Å². The van der Waals surface area contributed by atoms with Gasteiger partial charge in [0.25, 0.3) is 0 Å². The van der Waals surface area contributed by atoms with Gasteiger partial charge in [-0.25, -0.2) is 15.0 Å². The first-order valence-electron chi connectivity index (χ1n) is 8.65. The van der Waals surface area contributed by atoms with Crippen LogP contribution in [0.3, 0.4) is 0 Å². The van der Waals surface area contributed by atoms with E-state index in [1.165, 1.54) is 36.4 Å². The lowest BCUT2D eigenvalue weighted by atomic mass is 10.1. The molecule has 3 aromatic carbocycles. The molecule has 0 amide bonds. The summed E-state index contributed by atoms with van der Waals surface area (Å²) in [6, 6.07) is 11.6. The minimum atomic E-state index is -0.289. The molecule has 4 aromatic rings. The van der Waals surface area contributed by atoms with Crippen LogP contribution < -0.4 is 0 Å². The van der Waals surface area contributed by atoms with E-state index in [1.54, 1.807) is 0 Å². The fraction of sp³-hybridized carbons (Fsp3) is 0. The fourth-order valence-corrected chi connectivity index (χ4v) is 2.86. The van der Waals surface area contributed by atoms with Crippen molar-refractivity contribution in [2.24, 2.45) is 0 Å². The Labute approximate surface area is 169 Å². The Bertz CT molecular complexity index is 1110. The number of phenols is 6. The van der Waals surface area contributed by atoms with Crippen LogP contribution in [0.1, 0.15) is 0 Å². The maximum absolute atomic E-state index is 10.2. The normalized spacial score (nSPS) is 10.8. The molecule has 0 radical (unpaired) electrons. The van der Waals surface area contributed by atoms with Crippen LogP contribution in [0.2, 0.25) is 0 Å². The third kappa shape index (κ3) is 3.47. The molecule has 0 fully saturated rings. The van der Waals surface area contributed by atoms with Gasteiger partial charge in [0.15, 0.2) is 17.5 Å². The second-order valence-corrected chi connectivity index (χ2v) is 6.41. The Morgan fingerprint density at radius 2 is 0.667 bits per heavy atom. The molecule has 1 aromatic heterocycles. The van der Waals surface area contributed by atoms with Gasteiger partial charge in [0.05, 0.1) is 16.7 Å². The SMILES string of the molecule is Oc1ccc(-c2nc(-c3ccc(O)cc3O)nc(-c3ccc(O)cc3O)n2)c(O)c1. The van der Waals surface area contributed by atoms with Crippen molar-refractivity contribution >= 4 is 0 Å². The number of hydrogen-bond acceptors (Lipinski definition) is 9. The minimum absolute atomic E-state index is 0.00690. The summed E-state index contributed by atoms with van der Waals surface area (Å²) < 4.78 is 0. The molecule has 0 atom stereocenters. The minimum Gasteiger partial charge on any atom is -0.508 e. The molecule has 9 nitrogen and oxygen atoms in total. The van der Waals surface area contributed by atoms with Gasteiger partial charge in [0.2, 0.25) is 0 Å². The second-order valence-electron chi connectivity index (χ2n) is 6.41. The summed E-state index contributed by atoms with van der Waals surface area (Å²) in [4.78, 5) is 12.9. The molecule has 0 spiro atoms. The van der Waals surface area contributed by atoms with Crippen molar-refractivity contribution < 1.29 is 30.6 Å². The lowest BCUT2D eigenvalue weighted by Crippen LogP contribution is -2.00. The smallest absolute Gasteiger partial charge is 0.167 e. The summed E-state index contributed by atoms with van der Waals surface area (Å²) in [6.45, 7) is 0. The van der Waals surface area contributed by atoms with Crippen LogP contribution in [-0.2, 0) is 0 Å². The van der Waals surface area contributed by atoms with Crippen molar-refractivity contribution in [2.75, 3.05) is 0 Å². The van der Waals surface area contributed by atoms with Gasteiger partial charge in [0, 0.05) is 18.2 Å². The molecule has 30 heavy (non-hydrogen) atoms. The summed E-state index contributed by atoms with van der Waals surface area (Å²) in [5.74, 6) is -1.31. The van der Waals surface area contributed by atoms with E-state index in [-0.39, 0.29) is 68.7 Å². The number of nitrogens with zero attached hydrogens (tertiary/aromatic N) is 3. The zero-order chi connectivity index (χ0) is 21.4. The Morgan fingerprint density at radius 3 is 0.900 bits per heavy atom. The van der Waals surface area contributed by atoms with Crippen LogP contribution in [-0.4, -0.2) is 45.6 Å². The topological polar surface area (TPSA) is 160 Å². The van der Waals surface area contributed by atoms with Crippen molar-refractivity contribution in [2.45, 2.75) is 0 Å². The highest BCUT2D eigenvalue weighted by Crippen LogP contribution is 2.37. The van der Waals surface area contributed by atoms with Crippen LogP contribution in [0.5, 0.6) is 34.5 Å². The average Bonchev–Trinajstić information content (AvgIpc) is 2.67. The van der Waals surface area contributed by atoms with Gasteiger partial charge < -0.3 is 30.6 Å². The van der Waals surface area contributed by atoms with Gasteiger partial charge in [-0.15, -0.1) is 0 Å². The zero-order valence-electron chi connectivity index (χ0n) is 15.2. The molecule has 0 unspecified atom stereocenters. The number of rotatable bonds is 3. The Morgan fingerprint density at radius 1 is 0.400 bits per heavy atom. The quantitative estimate of drug-likeness (QED) is 0.301. The maximum atomic E-state index is 10.2. The summed E-state index contributed by atoms with van der Waals surface area (Å²) in [5, 5.41) is 59.3. The number of aromatic hydroxyl groups is 6. The summed E-state index contributed by atoms with van der Waals surface area (Å²) in [7, 11) is 0. The predicted octanol–water partition coefficient (Wildman–Crippen LogP) is 3.11. The Kier molecular flexibility index (Phi) is 4.47. The van der Waals surface area contributed by atoms with E-state index in [2.05, 4.69) is 15.0 Å². The highest BCUT2D eigenvalue weighted by molar-refractivity contribution is 5.74. The summed E-state index contributed by atoms with van der Waals surface area (Å²) in [6.07, 6.45) is 0. The molecule has 0 aliphatic carbocycles. The highest BCUT2D eigenvalue weighted by Gasteiger charge is 2.18. The molecule has 0 saturated carbocycles. The molecule has 6 N–H and O–H groups in total. The van der Waals surface area contributed by atoms with E-state index >= 15 is 0 Å². The van der Waals surface area contributed by atoms with Gasteiger partial charge in [0.1, 0.15) is 34.5 Å². The van der Waals surface area contributed by atoms with Crippen molar-refractivity contribution in [1.29, 1.82) is 0 Å². The van der Waals surface area contributed by atoms with Crippen LogP contribution in [0, 0.1) is 0 Å². The first-order valence-corrected chi connectivity index (χ1v) is 8.65. The molecule has 0 saturated heterocycles. The van der Waals surface area contributed by atoms with Gasteiger partial charge in [-0.3, -0.25) is 0 Å². The van der Waals surface area contributed by atoms with Crippen molar-refractivity contribution in [3.63, 3.8) is 0 Å². The number of benzene rings is 3. The number of hydrogen-bond donors (Lipinski definition) is 6. The molecule has 9 heteroatoms. The maximum Gasteiger partial charge on any atom is 0.167 e. The highest BCUT2D eigenvalue weighted by atomic mass is 16.3. The molecule has 1 heterocycles. The monoisotopic (exact) mass is 405 g/mol. The standard InChI is InChI=1S/C21H15N3O6/c25-10-1-4-13(16(28)7-10)19-22-20(14-5-2-11(26)8-17(14)29)24-21(23-19)15-6-3-12(27)9-18(15)30/h1-9,25-30H. The van der Waals surface area contributed by atoms with Crippen LogP contribution in [0.4, 0.5) is 0 Å². The zero-order valence-corrected chi connectivity index (χ0v) is 15.2. The second kappa shape index (κ2) is 7.13. The van der Waals surface area contributed by atoms with Crippen LogP contribution in [0.15, 0.2) is 54.6 Å². The third-order valence-electron chi connectivity index (χ3n) is 4.30. The van der Waals surface area contributed by atoms with Gasteiger partial charge >= 0.3 is 0 Å². The molecular weight excluding hydrogens is 390 g/mol. The molecule has 150 valence electrons. The summed E-state index contributed by atoms with van der Waals surface area (Å²) in [5.41, 5.74) is 0.526. The lowest BCUT2D eigenvalue weighted by molar-refractivity contribution is 0.451. The van der Waals surface area contributed by atoms with E-state index in [0.717, 1.165) is 18.2 Å². The molecule has 4 rings (SSSR count). The summed E-state index contributed by atoms with van der Waals surface area (Å²) >= 11 is 0. The van der Waals surface area contributed by atoms with E-state index in [1.807, 2.05) is 0 Å². The van der Waals surface area contributed by atoms with Gasteiger partial charge in [-0.05, 0) is 36.4 Å². The largest absolute Gasteiger partial charge is 0.508 e. The Hall–Kier alpha value is -4.53. The molecular formula is C21H15N3O6. The number of aromatic nitrogens is 3. The molecule has 0 aliphatic rings. The van der Waals surface area contributed by atoms with Gasteiger partial charge in [-0.1, -0.05) is 0 Å². The average molecular weight is 405 g/mol. The van der Waals surface area contributed by atoms with E-state index < -0.39 is 0 Å². The van der Waals surface area contributed by atoms with Crippen molar-refractivity contribution in [3.8, 4) is 68.7 Å². The lowest BCUT2D eigenvalue weighted by Gasteiger charge is -2.11. The van der Waals surface area contributed by atoms with Crippen molar-refractivity contribution in [1.82, 2.24) is 15.0 Å². The van der Waals surface area contributed by atoms with E-state index in [4.69, 9.17) is 0 Å². The number of phenolic OH excluding ortho intramolecular Hbond substituents is 6. The fourth-order valence-electron chi connectivity index (χ4n) is 2.86.